The molecule has 0 N–H and O–H groups in total. The molecule has 3 aromatic rings. The van der Waals surface area contributed by atoms with Crippen molar-refractivity contribution in [3.63, 3.8) is 0 Å². The zero-order chi connectivity index (χ0) is 16.4. The molecule has 0 aliphatic carbocycles. The van der Waals surface area contributed by atoms with Gasteiger partial charge in [0.15, 0.2) is 9.84 Å². The molecule has 0 atom stereocenters. The van der Waals surface area contributed by atoms with E-state index in [9.17, 15) is 8.42 Å². The van der Waals surface area contributed by atoms with Crippen LogP contribution in [0.3, 0.4) is 0 Å². The molecule has 0 saturated heterocycles. The smallest absolute Gasteiger partial charge is 0.175 e. The first kappa shape index (κ1) is 15.3. The molecule has 1 aromatic heterocycles. The summed E-state index contributed by atoms with van der Waals surface area (Å²) in [4.78, 5) is 0.295. The van der Waals surface area contributed by atoms with Crippen LogP contribution in [0.25, 0.3) is 16.9 Å². The van der Waals surface area contributed by atoms with Crippen LogP contribution < -0.4 is 4.74 Å². The van der Waals surface area contributed by atoms with Crippen LogP contribution in [0.15, 0.2) is 65.7 Å². The van der Waals surface area contributed by atoms with E-state index in [0.717, 1.165) is 22.7 Å². The van der Waals surface area contributed by atoms with Gasteiger partial charge in [-0.15, -0.1) is 0 Å². The quantitative estimate of drug-likeness (QED) is 0.739. The second kappa shape index (κ2) is 5.89. The van der Waals surface area contributed by atoms with Crippen molar-refractivity contribution in [3.05, 3.63) is 60.8 Å². The first-order chi connectivity index (χ1) is 11.0. The Morgan fingerprint density at radius 2 is 1.61 bits per heavy atom. The molecule has 2 aromatic carbocycles. The van der Waals surface area contributed by atoms with E-state index in [1.165, 1.54) is 6.26 Å². The summed E-state index contributed by atoms with van der Waals surface area (Å²) in [6, 6.07) is 16.2. The van der Waals surface area contributed by atoms with E-state index >= 15 is 0 Å². The number of benzene rings is 2. The summed E-state index contributed by atoms with van der Waals surface area (Å²) in [6.07, 6.45) is 3.03. The SMILES string of the molecule is COc1ccc(-c2ccn(-c3ccc(S(C)(=O)=O)cc3)n2)cc1. The number of aromatic nitrogens is 2. The van der Waals surface area contributed by atoms with Crippen molar-refractivity contribution in [1.29, 1.82) is 0 Å². The number of sulfone groups is 1. The van der Waals surface area contributed by atoms with Crippen LogP contribution in [0, 0.1) is 0 Å². The fraction of sp³-hybridized carbons (Fsp3) is 0.118. The summed E-state index contributed by atoms with van der Waals surface area (Å²) >= 11 is 0. The van der Waals surface area contributed by atoms with Crippen molar-refractivity contribution in [2.24, 2.45) is 0 Å². The summed E-state index contributed by atoms with van der Waals surface area (Å²) in [5.74, 6) is 0.796. The molecule has 0 unspecified atom stereocenters. The van der Waals surface area contributed by atoms with Crippen molar-refractivity contribution < 1.29 is 13.2 Å². The normalized spacial score (nSPS) is 11.4. The third kappa shape index (κ3) is 3.27. The van der Waals surface area contributed by atoms with Gasteiger partial charge in [0, 0.05) is 18.0 Å². The van der Waals surface area contributed by atoms with Gasteiger partial charge in [0.2, 0.25) is 0 Å². The molecular weight excluding hydrogens is 312 g/mol. The van der Waals surface area contributed by atoms with Crippen LogP contribution in [0.1, 0.15) is 0 Å². The molecule has 118 valence electrons. The molecule has 1 heterocycles. The summed E-state index contributed by atoms with van der Waals surface area (Å²) in [7, 11) is -1.56. The predicted octanol–water partition coefficient (Wildman–Crippen LogP) is 2.95. The summed E-state index contributed by atoms with van der Waals surface area (Å²) < 4.78 is 29.8. The molecule has 0 fully saturated rings. The lowest BCUT2D eigenvalue weighted by Gasteiger charge is -2.03. The maximum Gasteiger partial charge on any atom is 0.175 e. The molecule has 6 heteroatoms. The van der Waals surface area contributed by atoms with Crippen molar-refractivity contribution in [2.45, 2.75) is 4.90 Å². The lowest BCUT2D eigenvalue weighted by molar-refractivity contribution is 0.415. The molecule has 23 heavy (non-hydrogen) atoms. The highest BCUT2D eigenvalue weighted by atomic mass is 32.2. The largest absolute Gasteiger partial charge is 0.497 e. The monoisotopic (exact) mass is 328 g/mol. The first-order valence-corrected chi connectivity index (χ1v) is 8.87. The summed E-state index contributed by atoms with van der Waals surface area (Å²) in [5.41, 5.74) is 2.62. The molecule has 0 radical (unpaired) electrons. The highest BCUT2D eigenvalue weighted by molar-refractivity contribution is 7.90. The van der Waals surface area contributed by atoms with Gasteiger partial charge in [-0.25, -0.2) is 13.1 Å². The van der Waals surface area contributed by atoms with Crippen LogP contribution in [-0.4, -0.2) is 31.6 Å². The third-order valence-corrected chi connectivity index (χ3v) is 4.63. The van der Waals surface area contributed by atoms with E-state index in [2.05, 4.69) is 5.10 Å². The minimum atomic E-state index is -3.19. The highest BCUT2D eigenvalue weighted by Gasteiger charge is 2.08. The van der Waals surface area contributed by atoms with E-state index in [0.29, 0.717) is 4.90 Å². The van der Waals surface area contributed by atoms with E-state index in [4.69, 9.17) is 4.74 Å². The maximum atomic E-state index is 11.5. The fourth-order valence-electron chi connectivity index (χ4n) is 2.23. The van der Waals surface area contributed by atoms with Gasteiger partial charge in [-0.05, 0) is 54.6 Å². The fourth-order valence-corrected chi connectivity index (χ4v) is 2.86. The summed E-state index contributed by atoms with van der Waals surface area (Å²) in [5, 5.41) is 4.52. The van der Waals surface area contributed by atoms with E-state index in [1.807, 2.05) is 36.5 Å². The number of hydrogen-bond donors (Lipinski definition) is 0. The maximum absolute atomic E-state index is 11.5. The molecular formula is C17H16N2O3S. The Kier molecular flexibility index (Phi) is 3.92. The molecule has 5 nitrogen and oxygen atoms in total. The van der Waals surface area contributed by atoms with E-state index in [-0.39, 0.29) is 0 Å². The van der Waals surface area contributed by atoms with Crippen LogP contribution in [-0.2, 0) is 9.84 Å². The van der Waals surface area contributed by atoms with Gasteiger partial charge >= 0.3 is 0 Å². The van der Waals surface area contributed by atoms with Crippen LogP contribution in [0.2, 0.25) is 0 Å². The Hall–Kier alpha value is -2.60. The molecule has 0 aliphatic rings. The highest BCUT2D eigenvalue weighted by Crippen LogP contribution is 2.22. The Bertz CT molecular complexity index is 911. The lowest BCUT2D eigenvalue weighted by atomic mass is 10.1. The molecule has 0 spiro atoms. The molecule has 0 aliphatic heterocycles. The van der Waals surface area contributed by atoms with Gasteiger partial charge in [-0.3, -0.25) is 0 Å². The third-order valence-electron chi connectivity index (χ3n) is 3.50. The van der Waals surface area contributed by atoms with Gasteiger partial charge in [-0.1, -0.05) is 0 Å². The second-order valence-corrected chi connectivity index (χ2v) is 7.16. The molecule has 3 rings (SSSR count). The van der Waals surface area contributed by atoms with E-state index < -0.39 is 9.84 Å². The topological polar surface area (TPSA) is 61.2 Å². The zero-order valence-corrected chi connectivity index (χ0v) is 13.6. The first-order valence-electron chi connectivity index (χ1n) is 6.98. The van der Waals surface area contributed by atoms with Crippen molar-refractivity contribution >= 4 is 9.84 Å². The minimum absolute atomic E-state index is 0.295. The average Bonchev–Trinajstić information content (AvgIpc) is 3.04. The zero-order valence-electron chi connectivity index (χ0n) is 12.8. The van der Waals surface area contributed by atoms with Gasteiger partial charge in [0.25, 0.3) is 0 Å². The Morgan fingerprint density at radius 3 is 2.17 bits per heavy atom. The lowest BCUT2D eigenvalue weighted by Crippen LogP contribution is -1.99. The summed E-state index contributed by atoms with van der Waals surface area (Å²) in [6.45, 7) is 0. The van der Waals surface area contributed by atoms with Gasteiger partial charge in [0.1, 0.15) is 5.75 Å². The second-order valence-electron chi connectivity index (χ2n) is 5.14. The Labute approximate surface area is 135 Å². The predicted molar refractivity (Wildman–Crippen MR) is 88.7 cm³/mol. The van der Waals surface area contributed by atoms with Crippen molar-refractivity contribution in [3.8, 4) is 22.7 Å². The number of nitrogens with zero attached hydrogens (tertiary/aromatic N) is 2. The van der Waals surface area contributed by atoms with Gasteiger partial charge < -0.3 is 4.74 Å². The number of rotatable bonds is 4. The standard InChI is InChI=1S/C17H16N2O3S/c1-22-15-7-3-13(4-8-15)17-11-12-19(18-17)14-5-9-16(10-6-14)23(2,20)21/h3-12H,1-2H3. The minimum Gasteiger partial charge on any atom is -0.497 e. The molecule has 0 saturated carbocycles. The van der Waals surface area contributed by atoms with Crippen molar-refractivity contribution in [2.75, 3.05) is 13.4 Å². The molecule has 0 bridgehead atoms. The van der Waals surface area contributed by atoms with Crippen LogP contribution >= 0.6 is 0 Å². The van der Waals surface area contributed by atoms with Crippen LogP contribution in [0.5, 0.6) is 5.75 Å². The number of methoxy groups -OCH3 is 1. The number of hydrogen-bond acceptors (Lipinski definition) is 4. The van der Waals surface area contributed by atoms with Crippen LogP contribution in [0.4, 0.5) is 0 Å². The van der Waals surface area contributed by atoms with Gasteiger partial charge in [-0.2, -0.15) is 5.10 Å². The Balaban J connectivity index is 1.89. The van der Waals surface area contributed by atoms with Gasteiger partial charge in [0.05, 0.1) is 23.4 Å². The average molecular weight is 328 g/mol. The van der Waals surface area contributed by atoms with E-state index in [1.54, 1.807) is 36.1 Å². The molecule has 0 amide bonds. The number of ether oxygens (including phenoxy) is 1. The Morgan fingerprint density at radius 1 is 0.957 bits per heavy atom. The van der Waals surface area contributed by atoms with Crippen molar-refractivity contribution in [1.82, 2.24) is 9.78 Å².